The number of carbonyl (C=O) groups is 1. The van der Waals surface area contributed by atoms with E-state index >= 15 is 0 Å². The highest BCUT2D eigenvalue weighted by atomic mass is 32.1. The van der Waals surface area contributed by atoms with E-state index in [-0.39, 0.29) is 11.9 Å². The first-order chi connectivity index (χ1) is 10.8. The largest absolute Gasteiger partial charge is 0.467 e. The number of aromatic nitrogens is 2. The van der Waals surface area contributed by atoms with Crippen LogP contribution in [0.15, 0.2) is 40.3 Å². The summed E-state index contributed by atoms with van der Waals surface area (Å²) in [6.07, 6.45) is 2.54. The summed E-state index contributed by atoms with van der Waals surface area (Å²) in [6, 6.07) is 7.60. The van der Waals surface area contributed by atoms with Gasteiger partial charge in [-0.15, -0.1) is 11.3 Å². The lowest BCUT2D eigenvalue weighted by molar-refractivity contribution is 0.0730. The van der Waals surface area contributed by atoms with Crippen LogP contribution in [0.2, 0.25) is 0 Å². The minimum absolute atomic E-state index is 0.0303. The molecule has 1 aliphatic rings. The molecule has 0 spiro atoms. The lowest BCUT2D eigenvalue weighted by Gasteiger charge is -2.23. The Morgan fingerprint density at radius 1 is 1.41 bits per heavy atom. The first-order valence-electron chi connectivity index (χ1n) is 7.27. The first-order valence-corrected chi connectivity index (χ1v) is 8.15. The molecule has 4 heterocycles. The molecule has 22 heavy (non-hydrogen) atoms. The van der Waals surface area contributed by atoms with Crippen LogP contribution in [0.5, 0.6) is 0 Å². The molecule has 1 N–H and O–H groups in total. The van der Waals surface area contributed by atoms with Crippen molar-refractivity contribution in [3.63, 3.8) is 0 Å². The highest BCUT2D eigenvalue weighted by molar-refractivity contribution is 7.13. The van der Waals surface area contributed by atoms with Gasteiger partial charge >= 0.3 is 0 Å². The van der Waals surface area contributed by atoms with Crippen LogP contribution in [-0.2, 0) is 0 Å². The molecule has 0 aromatic carbocycles. The fraction of sp³-hybridized carbons (Fsp3) is 0.250. The summed E-state index contributed by atoms with van der Waals surface area (Å²) in [4.78, 5) is 15.6. The molecule has 1 atom stereocenters. The summed E-state index contributed by atoms with van der Waals surface area (Å²) >= 11 is 1.63. The Hall–Kier alpha value is -2.34. The molecular weight excluding hydrogens is 298 g/mol. The van der Waals surface area contributed by atoms with Gasteiger partial charge in [-0.25, -0.2) is 0 Å². The van der Waals surface area contributed by atoms with Gasteiger partial charge in [-0.3, -0.25) is 9.89 Å². The maximum absolute atomic E-state index is 12.7. The number of rotatable bonds is 4. The number of nitrogens with one attached hydrogen (secondary N) is 1. The molecular formula is C16H15N3O2S. The summed E-state index contributed by atoms with van der Waals surface area (Å²) in [7, 11) is 0. The zero-order chi connectivity index (χ0) is 15.1. The zero-order valence-corrected chi connectivity index (χ0v) is 12.9. The van der Waals surface area contributed by atoms with Gasteiger partial charge in [0.2, 0.25) is 0 Å². The molecule has 0 saturated heterocycles. The predicted molar refractivity (Wildman–Crippen MR) is 83.8 cm³/mol. The van der Waals surface area contributed by atoms with E-state index in [0.717, 1.165) is 28.3 Å². The third kappa shape index (κ3) is 1.84. The molecule has 0 fully saturated rings. The van der Waals surface area contributed by atoms with E-state index in [0.29, 0.717) is 12.2 Å². The number of H-pyrrole nitrogens is 1. The molecule has 1 amide bonds. The monoisotopic (exact) mass is 313 g/mol. The smallest absolute Gasteiger partial charge is 0.275 e. The van der Waals surface area contributed by atoms with Crippen molar-refractivity contribution in [2.24, 2.45) is 0 Å². The molecule has 1 unspecified atom stereocenters. The number of hydrogen-bond acceptors (Lipinski definition) is 4. The lowest BCUT2D eigenvalue weighted by atomic mass is 10.0. The zero-order valence-electron chi connectivity index (χ0n) is 12.1. The van der Waals surface area contributed by atoms with Crippen molar-refractivity contribution in [1.82, 2.24) is 15.1 Å². The van der Waals surface area contributed by atoms with E-state index in [1.165, 1.54) is 0 Å². The summed E-state index contributed by atoms with van der Waals surface area (Å²) in [5.41, 5.74) is 2.35. The Morgan fingerprint density at radius 3 is 3.00 bits per heavy atom. The van der Waals surface area contributed by atoms with Gasteiger partial charge in [-0.1, -0.05) is 13.0 Å². The SMILES string of the molecule is CCCN1C(=O)c2n[nH]c(-c3cccs3)c2C1c1ccco1. The number of carbonyl (C=O) groups excluding carboxylic acids is 1. The average Bonchev–Trinajstić information content (AvgIpc) is 3.26. The summed E-state index contributed by atoms with van der Waals surface area (Å²) in [5, 5.41) is 9.33. The van der Waals surface area contributed by atoms with Crippen LogP contribution in [0.4, 0.5) is 0 Å². The Morgan fingerprint density at radius 2 is 2.32 bits per heavy atom. The predicted octanol–water partition coefficient (Wildman–Crippen LogP) is 3.69. The van der Waals surface area contributed by atoms with Crippen molar-refractivity contribution >= 4 is 17.2 Å². The van der Waals surface area contributed by atoms with Crippen molar-refractivity contribution in [2.75, 3.05) is 6.54 Å². The van der Waals surface area contributed by atoms with Gasteiger partial charge in [0, 0.05) is 12.1 Å². The lowest BCUT2D eigenvalue weighted by Crippen LogP contribution is -2.30. The molecule has 0 bridgehead atoms. The second kappa shape index (κ2) is 5.14. The van der Waals surface area contributed by atoms with Gasteiger partial charge in [-0.05, 0) is 30.0 Å². The topological polar surface area (TPSA) is 62.1 Å². The third-order valence-corrected chi connectivity index (χ3v) is 4.78. The third-order valence-electron chi connectivity index (χ3n) is 3.90. The van der Waals surface area contributed by atoms with E-state index in [1.807, 2.05) is 34.5 Å². The highest BCUT2D eigenvalue weighted by Gasteiger charge is 2.43. The molecule has 112 valence electrons. The number of amides is 1. The minimum Gasteiger partial charge on any atom is -0.467 e. The molecule has 0 aliphatic carbocycles. The van der Waals surface area contributed by atoms with Crippen LogP contribution in [0, 0.1) is 0 Å². The van der Waals surface area contributed by atoms with Crippen molar-refractivity contribution in [3.8, 4) is 10.6 Å². The quantitative estimate of drug-likeness (QED) is 0.799. The molecule has 5 nitrogen and oxygen atoms in total. The van der Waals surface area contributed by atoms with Crippen LogP contribution in [0.25, 0.3) is 10.6 Å². The summed E-state index contributed by atoms with van der Waals surface area (Å²) < 4.78 is 5.61. The van der Waals surface area contributed by atoms with Crippen molar-refractivity contribution in [3.05, 3.63) is 52.9 Å². The fourth-order valence-corrected chi connectivity index (χ4v) is 3.75. The van der Waals surface area contributed by atoms with E-state index in [1.54, 1.807) is 17.6 Å². The van der Waals surface area contributed by atoms with E-state index < -0.39 is 0 Å². The standard InChI is InChI=1S/C16H15N3O2S/c1-2-7-19-15(10-5-3-8-21-10)12-13(11-6-4-9-22-11)17-18-14(12)16(19)20/h3-6,8-9,15H,2,7H2,1H3,(H,17,18). The number of furan rings is 1. The van der Waals surface area contributed by atoms with Gasteiger partial charge in [-0.2, -0.15) is 5.10 Å². The number of fused-ring (bicyclic) bond motifs is 1. The second-order valence-corrected chi connectivity index (χ2v) is 6.20. The number of nitrogens with zero attached hydrogens (tertiary/aromatic N) is 2. The van der Waals surface area contributed by atoms with Gasteiger partial charge in [0.1, 0.15) is 11.8 Å². The number of hydrogen-bond donors (Lipinski definition) is 1. The summed E-state index contributed by atoms with van der Waals surface area (Å²) in [6.45, 7) is 2.75. The van der Waals surface area contributed by atoms with Gasteiger partial charge in [0.05, 0.1) is 16.8 Å². The van der Waals surface area contributed by atoms with Crippen molar-refractivity contribution in [1.29, 1.82) is 0 Å². The Bertz CT molecular complexity index is 790. The normalized spacial score (nSPS) is 17.2. The van der Waals surface area contributed by atoms with Crippen LogP contribution >= 0.6 is 11.3 Å². The average molecular weight is 313 g/mol. The highest BCUT2D eigenvalue weighted by Crippen LogP contribution is 2.43. The fourth-order valence-electron chi connectivity index (χ4n) is 3.01. The van der Waals surface area contributed by atoms with E-state index in [9.17, 15) is 4.79 Å². The molecule has 6 heteroatoms. The summed E-state index contributed by atoms with van der Waals surface area (Å²) in [5.74, 6) is 0.747. The molecule has 0 saturated carbocycles. The van der Waals surface area contributed by atoms with Crippen molar-refractivity contribution < 1.29 is 9.21 Å². The van der Waals surface area contributed by atoms with Crippen LogP contribution < -0.4 is 0 Å². The maximum Gasteiger partial charge on any atom is 0.275 e. The number of thiophene rings is 1. The van der Waals surface area contributed by atoms with Gasteiger partial charge < -0.3 is 9.32 Å². The van der Waals surface area contributed by atoms with E-state index in [2.05, 4.69) is 17.1 Å². The Balaban J connectivity index is 1.89. The Labute approximate surface area is 131 Å². The van der Waals surface area contributed by atoms with E-state index in [4.69, 9.17) is 4.42 Å². The Kier molecular flexibility index (Phi) is 3.11. The second-order valence-electron chi connectivity index (χ2n) is 5.25. The first kappa shape index (κ1) is 13.3. The number of aromatic amines is 1. The van der Waals surface area contributed by atoms with Crippen LogP contribution in [-0.4, -0.2) is 27.5 Å². The minimum atomic E-state index is -0.201. The van der Waals surface area contributed by atoms with Gasteiger partial charge in [0.15, 0.2) is 5.69 Å². The molecule has 0 radical (unpaired) electrons. The van der Waals surface area contributed by atoms with Gasteiger partial charge in [0.25, 0.3) is 5.91 Å². The van der Waals surface area contributed by atoms with Crippen LogP contribution in [0.1, 0.15) is 41.2 Å². The maximum atomic E-state index is 12.7. The molecule has 1 aliphatic heterocycles. The van der Waals surface area contributed by atoms with Crippen molar-refractivity contribution in [2.45, 2.75) is 19.4 Å². The molecule has 4 rings (SSSR count). The molecule has 3 aromatic heterocycles. The van der Waals surface area contributed by atoms with Crippen LogP contribution in [0.3, 0.4) is 0 Å². The molecule has 3 aromatic rings.